The first-order valence-corrected chi connectivity index (χ1v) is 9.02. The lowest BCUT2D eigenvalue weighted by molar-refractivity contribution is 0.244. The zero-order valence-corrected chi connectivity index (χ0v) is 13.0. The summed E-state index contributed by atoms with van der Waals surface area (Å²) in [5, 5.41) is 3.34. The van der Waals surface area contributed by atoms with Gasteiger partial charge < -0.3 is 10.2 Å². The summed E-state index contributed by atoms with van der Waals surface area (Å²) in [5.41, 5.74) is 1.21. The molecule has 0 aliphatic carbocycles. The van der Waals surface area contributed by atoms with E-state index >= 15 is 0 Å². The quantitative estimate of drug-likeness (QED) is 0.860. The summed E-state index contributed by atoms with van der Waals surface area (Å²) in [6, 6.07) is 7.39. The predicted octanol–water partition coefficient (Wildman–Crippen LogP) is 1.32. The van der Waals surface area contributed by atoms with Gasteiger partial charge in [0, 0.05) is 32.7 Å². The van der Waals surface area contributed by atoms with Crippen LogP contribution in [-0.2, 0) is 16.3 Å². The van der Waals surface area contributed by atoms with E-state index in [1.165, 1.54) is 5.56 Å². The lowest BCUT2D eigenvalue weighted by atomic mass is 10.1. The van der Waals surface area contributed by atoms with Crippen molar-refractivity contribution in [3.05, 3.63) is 29.8 Å². The Morgan fingerprint density at radius 1 is 1.15 bits per heavy atom. The van der Waals surface area contributed by atoms with Crippen molar-refractivity contribution in [3.8, 4) is 0 Å². The first-order valence-electron chi connectivity index (χ1n) is 7.36. The van der Waals surface area contributed by atoms with Gasteiger partial charge >= 0.3 is 0 Å². The van der Waals surface area contributed by atoms with E-state index in [2.05, 4.69) is 10.2 Å². The van der Waals surface area contributed by atoms with Crippen molar-refractivity contribution in [1.29, 1.82) is 0 Å². The van der Waals surface area contributed by atoms with E-state index in [4.69, 9.17) is 0 Å². The number of nitrogens with one attached hydrogen (secondary N) is 1. The molecule has 1 aromatic carbocycles. The smallest absolute Gasteiger partial charge is 0.178 e. The SMILES string of the molecule is CCCS(=O)(=O)c1ccc(CCN2CCNCC2)cc1. The first kappa shape index (κ1) is 15.5. The highest BCUT2D eigenvalue weighted by molar-refractivity contribution is 7.91. The van der Waals surface area contributed by atoms with Gasteiger partial charge in [0.15, 0.2) is 9.84 Å². The molecule has 1 aromatic rings. The van der Waals surface area contributed by atoms with Crippen molar-refractivity contribution in [1.82, 2.24) is 10.2 Å². The fourth-order valence-corrected chi connectivity index (χ4v) is 3.80. The molecule has 0 amide bonds. The molecule has 1 fully saturated rings. The number of hydrogen-bond acceptors (Lipinski definition) is 4. The van der Waals surface area contributed by atoms with Crippen LogP contribution >= 0.6 is 0 Å². The second-order valence-corrected chi connectivity index (χ2v) is 7.41. The summed E-state index contributed by atoms with van der Waals surface area (Å²) >= 11 is 0. The Morgan fingerprint density at radius 3 is 2.40 bits per heavy atom. The van der Waals surface area contributed by atoms with Gasteiger partial charge in [-0.25, -0.2) is 8.42 Å². The lowest BCUT2D eigenvalue weighted by Crippen LogP contribution is -2.44. The fraction of sp³-hybridized carbons (Fsp3) is 0.600. The highest BCUT2D eigenvalue weighted by atomic mass is 32.2. The Hall–Kier alpha value is -0.910. The van der Waals surface area contributed by atoms with Gasteiger partial charge in [0.25, 0.3) is 0 Å². The first-order chi connectivity index (χ1) is 9.62. The molecule has 20 heavy (non-hydrogen) atoms. The highest BCUT2D eigenvalue weighted by Crippen LogP contribution is 2.14. The molecule has 0 unspecified atom stereocenters. The Balaban J connectivity index is 1.91. The van der Waals surface area contributed by atoms with Crippen LogP contribution in [0.1, 0.15) is 18.9 Å². The van der Waals surface area contributed by atoms with E-state index in [9.17, 15) is 8.42 Å². The van der Waals surface area contributed by atoms with Crippen LogP contribution in [-0.4, -0.2) is 51.8 Å². The maximum Gasteiger partial charge on any atom is 0.178 e. The summed E-state index contributed by atoms with van der Waals surface area (Å²) in [7, 11) is -3.08. The summed E-state index contributed by atoms with van der Waals surface area (Å²) in [6.07, 6.45) is 1.64. The molecule has 112 valence electrons. The van der Waals surface area contributed by atoms with Crippen molar-refractivity contribution in [2.75, 3.05) is 38.5 Å². The highest BCUT2D eigenvalue weighted by Gasteiger charge is 2.13. The molecule has 1 saturated heterocycles. The van der Waals surface area contributed by atoms with Crippen LogP contribution < -0.4 is 5.32 Å². The number of benzene rings is 1. The molecule has 0 bridgehead atoms. The van der Waals surface area contributed by atoms with E-state index in [1.54, 1.807) is 12.1 Å². The van der Waals surface area contributed by atoms with Crippen LogP contribution in [0, 0.1) is 0 Å². The second kappa shape index (κ2) is 7.20. The molecule has 2 rings (SSSR count). The zero-order valence-electron chi connectivity index (χ0n) is 12.1. The summed E-state index contributed by atoms with van der Waals surface area (Å²) in [5.74, 6) is 0.229. The minimum Gasteiger partial charge on any atom is -0.314 e. The van der Waals surface area contributed by atoms with Crippen molar-refractivity contribution >= 4 is 9.84 Å². The maximum absolute atomic E-state index is 11.9. The van der Waals surface area contributed by atoms with E-state index in [0.29, 0.717) is 11.3 Å². The molecule has 1 N–H and O–H groups in total. The number of hydrogen-bond donors (Lipinski definition) is 1. The summed E-state index contributed by atoms with van der Waals surface area (Å²) < 4.78 is 23.9. The third-order valence-corrected chi connectivity index (χ3v) is 5.62. The van der Waals surface area contributed by atoms with Gasteiger partial charge in [-0.1, -0.05) is 19.1 Å². The van der Waals surface area contributed by atoms with Crippen LogP contribution in [0.3, 0.4) is 0 Å². The van der Waals surface area contributed by atoms with E-state index in [-0.39, 0.29) is 5.75 Å². The van der Waals surface area contributed by atoms with Crippen LogP contribution in [0.4, 0.5) is 0 Å². The number of rotatable bonds is 6. The van der Waals surface area contributed by atoms with Crippen LogP contribution in [0.15, 0.2) is 29.2 Å². The number of sulfone groups is 1. The monoisotopic (exact) mass is 296 g/mol. The second-order valence-electron chi connectivity index (χ2n) is 5.30. The summed E-state index contributed by atoms with van der Waals surface area (Å²) in [6.45, 7) is 7.26. The third-order valence-electron chi connectivity index (χ3n) is 3.68. The number of nitrogens with zero attached hydrogens (tertiary/aromatic N) is 1. The molecule has 0 radical (unpaired) electrons. The van der Waals surface area contributed by atoms with E-state index in [0.717, 1.165) is 39.1 Å². The average molecular weight is 296 g/mol. The molecule has 4 nitrogen and oxygen atoms in total. The Bertz CT molecular complexity index is 505. The molecule has 5 heteroatoms. The largest absolute Gasteiger partial charge is 0.314 e. The van der Waals surface area contributed by atoms with Crippen LogP contribution in [0.25, 0.3) is 0 Å². The molecule has 1 aliphatic heterocycles. The van der Waals surface area contributed by atoms with Crippen LogP contribution in [0.2, 0.25) is 0 Å². The van der Waals surface area contributed by atoms with Gasteiger partial charge in [0.2, 0.25) is 0 Å². The summed E-state index contributed by atoms with van der Waals surface area (Å²) in [4.78, 5) is 2.89. The van der Waals surface area contributed by atoms with Crippen molar-refractivity contribution in [2.24, 2.45) is 0 Å². The molecule has 0 spiro atoms. The lowest BCUT2D eigenvalue weighted by Gasteiger charge is -2.27. The standard InChI is InChI=1S/C15H24N2O2S/c1-2-13-20(18,19)15-5-3-14(4-6-15)7-10-17-11-8-16-9-12-17/h3-6,16H,2,7-13H2,1H3. The topological polar surface area (TPSA) is 49.4 Å². The Labute approximate surface area is 122 Å². The van der Waals surface area contributed by atoms with E-state index in [1.807, 2.05) is 19.1 Å². The maximum atomic E-state index is 11.9. The van der Waals surface area contributed by atoms with Gasteiger partial charge in [-0.2, -0.15) is 0 Å². The molecular formula is C15H24N2O2S. The fourth-order valence-electron chi connectivity index (χ4n) is 2.47. The zero-order chi connectivity index (χ0) is 14.4. The molecule has 0 saturated carbocycles. The third kappa shape index (κ3) is 4.30. The predicted molar refractivity (Wildman–Crippen MR) is 81.8 cm³/mol. The van der Waals surface area contributed by atoms with Crippen molar-refractivity contribution < 1.29 is 8.42 Å². The van der Waals surface area contributed by atoms with Gasteiger partial charge in [0.1, 0.15) is 0 Å². The minimum absolute atomic E-state index is 0.229. The Kier molecular flexibility index (Phi) is 5.57. The van der Waals surface area contributed by atoms with Gasteiger partial charge in [0.05, 0.1) is 10.6 Å². The molecule has 1 aliphatic rings. The number of piperazine rings is 1. The van der Waals surface area contributed by atoms with E-state index < -0.39 is 9.84 Å². The average Bonchev–Trinajstić information content (AvgIpc) is 2.47. The molecular weight excluding hydrogens is 272 g/mol. The molecule has 1 heterocycles. The minimum atomic E-state index is -3.08. The van der Waals surface area contributed by atoms with Gasteiger partial charge in [-0.15, -0.1) is 0 Å². The normalized spacial score (nSPS) is 17.2. The van der Waals surface area contributed by atoms with Crippen molar-refractivity contribution in [2.45, 2.75) is 24.7 Å². The van der Waals surface area contributed by atoms with Crippen molar-refractivity contribution in [3.63, 3.8) is 0 Å². The molecule has 0 atom stereocenters. The van der Waals surface area contributed by atoms with Gasteiger partial charge in [-0.05, 0) is 30.5 Å². The molecule has 0 aromatic heterocycles. The van der Waals surface area contributed by atoms with Gasteiger partial charge in [-0.3, -0.25) is 0 Å². The Morgan fingerprint density at radius 2 is 1.80 bits per heavy atom. The van der Waals surface area contributed by atoms with Crippen LogP contribution in [0.5, 0.6) is 0 Å².